The number of hydrogen-bond acceptors (Lipinski definition) is 5. The molecule has 13 heteroatoms. The summed E-state index contributed by atoms with van der Waals surface area (Å²) in [6.45, 7) is 2.73. The molecule has 1 heterocycles. The second-order valence-corrected chi connectivity index (χ2v) is 5.67. The van der Waals surface area contributed by atoms with Crippen LogP contribution in [0.1, 0.15) is 47.2 Å². The fourth-order valence-electron chi connectivity index (χ4n) is 2.27. The van der Waals surface area contributed by atoms with Crippen molar-refractivity contribution in [2.45, 2.75) is 32.2 Å². The molecule has 7 nitrogen and oxygen atoms in total. The molecule has 28 heavy (non-hydrogen) atoms. The molecule has 1 amide bonds. The lowest BCUT2D eigenvalue weighted by Gasteiger charge is -2.16. The van der Waals surface area contributed by atoms with Gasteiger partial charge in [-0.1, -0.05) is 5.16 Å². The molecule has 0 bridgehead atoms. The van der Waals surface area contributed by atoms with E-state index in [1.54, 1.807) is 0 Å². The maximum atomic E-state index is 12.9. The number of nitrogens with one attached hydrogen (secondary N) is 1. The van der Waals surface area contributed by atoms with Gasteiger partial charge in [0.15, 0.2) is 11.7 Å². The van der Waals surface area contributed by atoms with E-state index in [1.807, 2.05) is 0 Å². The van der Waals surface area contributed by atoms with Crippen molar-refractivity contribution < 1.29 is 36.3 Å². The molecule has 0 fully saturated rings. The average Bonchev–Trinajstić information content (AvgIpc) is 3.09. The monoisotopic (exact) mass is 409 g/mol. The van der Waals surface area contributed by atoms with Crippen LogP contribution >= 0.6 is 0 Å². The van der Waals surface area contributed by atoms with E-state index in [9.17, 15) is 31.1 Å². The number of hydrogen-bond donors (Lipinski definition) is 2. The maximum absolute atomic E-state index is 12.9. The van der Waals surface area contributed by atoms with Crippen LogP contribution in [0.4, 0.5) is 26.3 Å². The Balaban J connectivity index is 2.38. The Morgan fingerprint density at radius 3 is 2.14 bits per heavy atom. The van der Waals surface area contributed by atoms with Gasteiger partial charge in [-0.05, 0) is 32.0 Å². The van der Waals surface area contributed by atoms with Crippen LogP contribution in [0.2, 0.25) is 0 Å². The number of alkyl halides is 6. The van der Waals surface area contributed by atoms with E-state index in [0.717, 1.165) is 11.0 Å². The van der Waals surface area contributed by atoms with Crippen molar-refractivity contribution in [1.29, 1.82) is 0 Å². The van der Waals surface area contributed by atoms with Gasteiger partial charge in [-0.3, -0.25) is 4.79 Å². The first-order valence-corrected chi connectivity index (χ1v) is 7.54. The minimum atomic E-state index is -5.07. The molecule has 0 radical (unpaired) electrons. The highest BCUT2D eigenvalue weighted by Gasteiger charge is 2.37. The summed E-state index contributed by atoms with van der Waals surface area (Å²) >= 11 is 0. The first kappa shape index (κ1) is 21.2. The lowest BCUT2D eigenvalue weighted by molar-refractivity contribution is -0.143. The first-order valence-electron chi connectivity index (χ1n) is 7.54. The molecule has 152 valence electrons. The molecule has 0 saturated heterocycles. The number of rotatable bonds is 3. The molecule has 1 aromatic heterocycles. The second kappa shape index (κ2) is 7.48. The Hall–Kier alpha value is -3.12. The van der Waals surface area contributed by atoms with Crippen molar-refractivity contribution in [3.05, 3.63) is 47.0 Å². The Morgan fingerprint density at radius 1 is 1.14 bits per heavy atom. The third kappa shape index (κ3) is 4.58. The number of halogens is 6. The standard InChI is InChI=1S/C15H13F6N5O2/c1-7(12-22-6-23-26(12)8(2)25-28)24-13(27)9-3-10(14(16,17)18)5-11(4-9)15(19,20)21/h3-7,28H,1-2H3,(H,24,27). The molecule has 0 aliphatic rings. The van der Waals surface area contributed by atoms with Crippen LogP contribution in [0, 0.1) is 0 Å². The summed E-state index contributed by atoms with van der Waals surface area (Å²) in [4.78, 5) is 16.1. The summed E-state index contributed by atoms with van der Waals surface area (Å²) in [5.41, 5.74) is -4.04. The van der Waals surface area contributed by atoms with Gasteiger partial charge < -0.3 is 10.5 Å². The van der Waals surface area contributed by atoms with Gasteiger partial charge in [0.05, 0.1) is 17.2 Å². The van der Waals surface area contributed by atoms with Crippen LogP contribution in [0.5, 0.6) is 0 Å². The van der Waals surface area contributed by atoms with E-state index in [1.165, 1.54) is 13.8 Å². The summed E-state index contributed by atoms with van der Waals surface area (Å²) in [5.74, 6) is -1.16. The predicted molar refractivity (Wildman–Crippen MR) is 82.6 cm³/mol. The Labute approximate surface area is 153 Å². The number of carbonyl (C=O) groups is 1. The van der Waals surface area contributed by atoms with Crippen molar-refractivity contribution >= 4 is 11.7 Å². The van der Waals surface area contributed by atoms with E-state index in [2.05, 4.69) is 20.6 Å². The van der Waals surface area contributed by atoms with Crippen LogP contribution in [0.3, 0.4) is 0 Å². The molecule has 2 rings (SSSR count). The van der Waals surface area contributed by atoms with E-state index in [4.69, 9.17) is 5.21 Å². The van der Waals surface area contributed by atoms with Crippen molar-refractivity contribution in [2.75, 3.05) is 0 Å². The number of aromatic nitrogens is 3. The molecule has 1 unspecified atom stereocenters. The number of nitrogens with zero attached hydrogens (tertiary/aromatic N) is 4. The highest BCUT2D eigenvalue weighted by molar-refractivity contribution is 5.95. The van der Waals surface area contributed by atoms with Crippen LogP contribution in [0.15, 0.2) is 29.7 Å². The highest BCUT2D eigenvalue weighted by Crippen LogP contribution is 2.36. The Morgan fingerprint density at radius 2 is 1.68 bits per heavy atom. The lowest BCUT2D eigenvalue weighted by atomic mass is 10.0. The molecule has 0 saturated carbocycles. The van der Waals surface area contributed by atoms with E-state index >= 15 is 0 Å². The first-order chi connectivity index (χ1) is 12.8. The smallest absolute Gasteiger partial charge is 0.409 e. The topological polar surface area (TPSA) is 92.4 Å². The van der Waals surface area contributed by atoms with Crippen LogP contribution in [-0.2, 0) is 12.4 Å². The third-order valence-corrected chi connectivity index (χ3v) is 3.61. The van der Waals surface area contributed by atoms with Crippen LogP contribution in [0.25, 0.3) is 0 Å². The summed E-state index contributed by atoms with van der Waals surface area (Å²) < 4.78 is 78.5. The summed E-state index contributed by atoms with van der Waals surface area (Å²) in [7, 11) is 0. The predicted octanol–water partition coefficient (Wildman–Crippen LogP) is 3.46. The van der Waals surface area contributed by atoms with E-state index in [-0.39, 0.29) is 17.7 Å². The number of carbonyl (C=O) groups excluding carboxylic acids is 1. The molecule has 1 aromatic carbocycles. The quantitative estimate of drug-likeness (QED) is 0.267. The van der Waals surface area contributed by atoms with E-state index < -0.39 is 41.0 Å². The third-order valence-electron chi connectivity index (χ3n) is 3.61. The molecule has 0 aliphatic carbocycles. The number of amides is 1. The Kier molecular flexibility index (Phi) is 5.66. The highest BCUT2D eigenvalue weighted by atomic mass is 19.4. The molecular formula is C15H13F6N5O2. The molecular weight excluding hydrogens is 396 g/mol. The molecule has 2 aromatic rings. The van der Waals surface area contributed by atoms with Crippen molar-refractivity contribution in [1.82, 2.24) is 20.1 Å². The molecule has 0 aliphatic heterocycles. The summed E-state index contributed by atoms with van der Waals surface area (Å²) in [6, 6.07) is -0.404. The average molecular weight is 409 g/mol. The normalized spacial score (nSPS) is 14.1. The zero-order valence-corrected chi connectivity index (χ0v) is 14.3. The molecule has 1 atom stereocenters. The van der Waals surface area contributed by atoms with Crippen LogP contribution in [-0.4, -0.2) is 31.7 Å². The zero-order valence-electron chi connectivity index (χ0n) is 14.3. The van der Waals surface area contributed by atoms with Crippen molar-refractivity contribution in [3.63, 3.8) is 0 Å². The van der Waals surface area contributed by atoms with Gasteiger partial charge in [-0.2, -0.15) is 36.1 Å². The summed E-state index contributed by atoms with van der Waals surface area (Å²) in [6.07, 6.45) is -9.08. The molecule has 0 spiro atoms. The van der Waals surface area contributed by atoms with Gasteiger partial charge in [0, 0.05) is 5.56 Å². The second-order valence-electron chi connectivity index (χ2n) is 5.67. The zero-order chi connectivity index (χ0) is 21.3. The van der Waals surface area contributed by atoms with Gasteiger partial charge in [0.2, 0.25) is 0 Å². The number of oxime groups is 1. The van der Waals surface area contributed by atoms with Crippen molar-refractivity contribution in [2.24, 2.45) is 5.16 Å². The SMILES string of the molecule is CC(=NO)n1ncnc1C(C)NC(=O)c1cc(C(F)(F)F)cc(C(F)(F)F)c1. The number of benzene rings is 1. The van der Waals surface area contributed by atoms with E-state index in [0.29, 0.717) is 12.1 Å². The fourth-order valence-corrected chi connectivity index (χ4v) is 2.27. The van der Waals surface area contributed by atoms with Crippen LogP contribution < -0.4 is 5.32 Å². The van der Waals surface area contributed by atoms with Gasteiger partial charge in [-0.15, -0.1) is 0 Å². The van der Waals surface area contributed by atoms with Gasteiger partial charge in [0.1, 0.15) is 6.33 Å². The van der Waals surface area contributed by atoms with Gasteiger partial charge in [0.25, 0.3) is 5.91 Å². The van der Waals surface area contributed by atoms with Gasteiger partial charge in [-0.25, -0.2) is 4.98 Å². The minimum Gasteiger partial charge on any atom is -0.409 e. The Bertz CT molecular complexity index is 871. The largest absolute Gasteiger partial charge is 0.416 e. The summed E-state index contributed by atoms with van der Waals surface area (Å²) in [5, 5.41) is 17.7. The molecule has 2 N–H and O–H groups in total. The lowest BCUT2D eigenvalue weighted by Crippen LogP contribution is -2.30. The van der Waals surface area contributed by atoms with Gasteiger partial charge >= 0.3 is 12.4 Å². The fraction of sp³-hybridized carbons (Fsp3) is 0.333. The maximum Gasteiger partial charge on any atom is 0.416 e. The van der Waals surface area contributed by atoms with Crippen molar-refractivity contribution in [3.8, 4) is 0 Å². The minimum absolute atomic E-state index is 0.0213.